The van der Waals surface area contributed by atoms with Crippen molar-refractivity contribution < 1.29 is 9.53 Å². The molecular weight excluding hydrogens is 512 g/mol. The molecule has 2 aliphatic rings. The lowest BCUT2D eigenvalue weighted by Gasteiger charge is -2.30. The molecule has 1 aliphatic carbocycles. The number of halogens is 1. The van der Waals surface area contributed by atoms with E-state index in [0.29, 0.717) is 5.02 Å². The number of amides is 1. The number of imidazole rings is 1. The molecule has 1 unspecified atom stereocenters. The van der Waals surface area contributed by atoms with Crippen LogP contribution in [0.1, 0.15) is 68.7 Å². The number of piperazine rings is 1. The smallest absolute Gasteiger partial charge is 0.410 e. The molecule has 39 heavy (non-hydrogen) atoms. The summed E-state index contributed by atoms with van der Waals surface area (Å²) in [5, 5.41) is 3.89. The van der Waals surface area contributed by atoms with Crippen LogP contribution in [0.4, 0.5) is 4.79 Å². The average molecular weight is 553 g/mol. The van der Waals surface area contributed by atoms with E-state index in [1.54, 1.807) is 11.2 Å². The summed E-state index contributed by atoms with van der Waals surface area (Å²) in [5.41, 5.74) is 12.6. The van der Waals surface area contributed by atoms with Gasteiger partial charge in [0.1, 0.15) is 5.60 Å². The van der Waals surface area contributed by atoms with E-state index in [1.165, 1.54) is 5.56 Å². The lowest BCUT2D eigenvalue weighted by Crippen LogP contribution is -2.48. The van der Waals surface area contributed by atoms with Crippen molar-refractivity contribution in [3.63, 3.8) is 0 Å². The van der Waals surface area contributed by atoms with E-state index < -0.39 is 0 Å². The molecule has 1 atom stereocenters. The Morgan fingerprint density at radius 3 is 2.54 bits per heavy atom. The van der Waals surface area contributed by atoms with Gasteiger partial charge in [-0.05, 0) is 67.3 Å². The quantitative estimate of drug-likeness (QED) is 0.437. The van der Waals surface area contributed by atoms with Crippen LogP contribution in [0.5, 0.6) is 0 Å². The predicted octanol–water partition coefficient (Wildman–Crippen LogP) is 5.47. The first-order chi connectivity index (χ1) is 18.6. The fourth-order valence-corrected chi connectivity index (χ4v) is 4.56. The van der Waals surface area contributed by atoms with Gasteiger partial charge in [-0.1, -0.05) is 37.6 Å². The minimum Gasteiger partial charge on any atom is -0.444 e. The number of nitrogens with one attached hydrogen (secondary N) is 1. The zero-order valence-electron chi connectivity index (χ0n) is 23.9. The van der Waals surface area contributed by atoms with Crippen molar-refractivity contribution in [2.45, 2.75) is 52.7 Å². The molecule has 3 heterocycles. The minimum atomic E-state index is -0.387. The Morgan fingerprint density at radius 1 is 1.18 bits per heavy atom. The molecule has 1 aliphatic heterocycles. The van der Waals surface area contributed by atoms with E-state index in [-0.39, 0.29) is 17.7 Å². The molecule has 0 bridgehead atoms. The maximum Gasteiger partial charge on any atom is 0.410 e. The highest BCUT2D eigenvalue weighted by molar-refractivity contribution is 6.30. The molecule has 5 rings (SSSR count). The number of ether oxygens (including phenoxy) is 1. The van der Waals surface area contributed by atoms with Crippen molar-refractivity contribution in [3.05, 3.63) is 82.2 Å². The molecule has 8 nitrogen and oxygen atoms in total. The number of carbonyl (C=O) groups is 1. The predicted molar refractivity (Wildman–Crippen MR) is 159 cm³/mol. The summed E-state index contributed by atoms with van der Waals surface area (Å²) < 4.78 is 7.19. The number of benzene rings is 1. The number of fused-ring (bicyclic) bond motifs is 2. The molecule has 0 radical (unpaired) electrons. The Labute approximate surface area is 237 Å². The van der Waals surface area contributed by atoms with E-state index >= 15 is 0 Å². The average Bonchev–Trinajstić information content (AvgIpc) is 3.28. The van der Waals surface area contributed by atoms with Crippen LogP contribution in [0.3, 0.4) is 0 Å². The Balaban J connectivity index is 0.000000239. The number of nitrogens with zero attached hydrogens (tertiary/aromatic N) is 4. The van der Waals surface area contributed by atoms with Crippen molar-refractivity contribution in [3.8, 4) is 0 Å². The topological polar surface area (TPSA) is 98.3 Å². The molecule has 2 aromatic heterocycles. The Morgan fingerprint density at radius 2 is 1.90 bits per heavy atom. The molecule has 9 heteroatoms. The van der Waals surface area contributed by atoms with E-state index in [4.69, 9.17) is 22.1 Å². The van der Waals surface area contributed by atoms with Gasteiger partial charge in [-0.2, -0.15) is 0 Å². The van der Waals surface area contributed by atoms with Crippen LogP contribution in [0, 0.1) is 0 Å². The van der Waals surface area contributed by atoms with Crippen LogP contribution in [-0.4, -0.2) is 57.3 Å². The third-order valence-corrected chi connectivity index (χ3v) is 6.49. The number of carbonyl (C=O) groups excluding carboxylic acids is 1. The summed E-state index contributed by atoms with van der Waals surface area (Å²) in [7, 11) is 1.95. The second-order valence-corrected chi connectivity index (χ2v) is 10.7. The fourth-order valence-electron chi connectivity index (χ4n) is 4.38. The molecule has 3 N–H and O–H groups in total. The molecule has 1 amide bonds. The second kappa shape index (κ2) is 13.7. The summed E-state index contributed by atoms with van der Waals surface area (Å²) in [4.78, 5) is 22.0. The molecule has 1 saturated heterocycles. The van der Waals surface area contributed by atoms with Gasteiger partial charge in [0.25, 0.3) is 0 Å². The number of aromatic nitrogens is 3. The second-order valence-electron chi connectivity index (χ2n) is 10.2. The van der Waals surface area contributed by atoms with Gasteiger partial charge in [0.15, 0.2) is 0 Å². The third kappa shape index (κ3) is 8.14. The van der Waals surface area contributed by atoms with Crippen LogP contribution in [0.15, 0.2) is 49.1 Å². The maximum atomic E-state index is 11.5. The van der Waals surface area contributed by atoms with Crippen LogP contribution < -0.4 is 11.1 Å². The van der Waals surface area contributed by atoms with Crippen LogP contribution in [-0.2, 0) is 18.2 Å². The first kappa shape index (κ1) is 30.3. The molecule has 3 aromatic rings. The van der Waals surface area contributed by atoms with Gasteiger partial charge < -0.3 is 25.3 Å². The summed E-state index contributed by atoms with van der Waals surface area (Å²) in [6, 6.07) is 9.70. The van der Waals surface area contributed by atoms with Crippen molar-refractivity contribution in [2.75, 3.05) is 26.2 Å². The number of aryl methyl sites for hydroxylation is 1. The van der Waals surface area contributed by atoms with Gasteiger partial charge in [-0.15, -0.1) is 0 Å². The zero-order chi connectivity index (χ0) is 28.6. The Bertz CT molecular complexity index is 1270. The van der Waals surface area contributed by atoms with E-state index in [2.05, 4.69) is 33.5 Å². The van der Waals surface area contributed by atoms with E-state index in [9.17, 15) is 4.79 Å². The Kier molecular flexibility index (Phi) is 10.7. The first-order valence-corrected chi connectivity index (χ1v) is 13.8. The van der Waals surface area contributed by atoms with E-state index in [1.807, 2.05) is 76.8 Å². The summed E-state index contributed by atoms with van der Waals surface area (Å²) >= 11 is 6.27. The summed E-state index contributed by atoms with van der Waals surface area (Å²) in [5.74, 6) is 0. The lowest BCUT2D eigenvalue weighted by atomic mass is 9.92. The van der Waals surface area contributed by atoms with Crippen LogP contribution >= 0.6 is 11.6 Å². The van der Waals surface area contributed by atoms with Crippen molar-refractivity contribution >= 4 is 29.3 Å². The zero-order valence-corrected chi connectivity index (χ0v) is 24.6. The van der Waals surface area contributed by atoms with Gasteiger partial charge >= 0.3 is 6.09 Å². The largest absolute Gasteiger partial charge is 0.444 e. The number of rotatable bonds is 2. The minimum absolute atomic E-state index is 0.200. The molecule has 1 fully saturated rings. The number of pyridine rings is 1. The van der Waals surface area contributed by atoms with Gasteiger partial charge in [0.2, 0.25) is 0 Å². The molecule has 1 aromatic carbocycles. The highest BCUT2D eigenvalue weighted by Crippen LogP contribution is 2.37. The van der Waals surface area contributed by atoms with Gasteiger partial charge in [0.05, 0.1) is 30.0 Å². The normalized spacial score (nSPS) is 15.2. The number of hydrogen-bond acceptors (Lipinski definition) is 6. The lowest BCUT2D eigenvalue weighted by molar-refractivity contribution is 0.0229. The number of nitrogens with two attached hydrogens (primary N) is 1. The molecule has 0 saturated carbocycles. The maximum absolute atomic E-state index is 11.5. The summed E-state index contributed by atoms with van der Waals surface area (Å²) in [6.07, 6.45) is 8.09. The van der Waals surface area contributed by atoms with Crippen LogP contribution in [0.25, 0.3) is 11.6 Å². The van der Waals surface area contributed by atoms with Gasteiger partial charge in [0, 0.05) is 50.9 Å². The van der Waals surface area contributed by atoms with Crippen molar-refractivity contribution in [1.29, 1.82) is 0 Å². The highest BCUT2D eigenvalue weighted by atomic mass is 35.5. The molecule has 0 spiro atoms. The van der Waals surface area contributed by atoms with Gasteiger partial charge in [-0.25, -0.2) is 9.78 Å². The van der Waals surface area contributed by atoms with Crippen molar-refractivity contribution in [2.24, 2.45) is 12.8 Å². The van der Waals surface area contributed by atoms with Gasteiger partial charge in [-0.3, -0.25) is 4.98 Å². The molecule has 210 valence electrons. The standard InChI is InChI=1S/C19H17ClN4.C9H18N2O2.C2H6/c1-24-11-22-10-18(24)19(21)16-7-13-3-2-6-23-17(13)8-12-4-5-14(20)9-15(12)16;1-9(2,3)13-8(12)11-6-4-10-5-7-11;1-2/h2-7,9-11,19H,8,21H2,1H3;10H,4-7H2,1-3H3;1-2H3. The van der Waals surface area contributed by atoms with E-state index in [0.717, 1.165) is 60.7 Å². The number of hydrogen-bond donors (Lipinski definition) is 2. The monoisotopic (exact) mass is 552 g/mol. The SMILES string of the molecule is CC.CC(C)(C)OC(=O)N1CCNCC1.Cn1cncc1C(N)C1=Cc2cccnc2Cc2ccc(Cl)cc21. The third-order valence-electron chi connectivity index (χ3n) is 6.25. The van der Waals surface area contributed by atoms with Crippen molar-refractivity contribution in [1.82, 2.24) is 24.8 Å². The molecular formula is C30H41ClN6O2. The Hall–Kier alpha value is -3.20. The fraction of sp³-hybridized carbons (Fsp3) is 0.433. The first-order valence-electron chi connectivity index (χ1n) is 13.5. The highest BCUT2D eigenvalue weighted by Gasteiger charge is 2.24. The summed E-state index contributed by atoms with van der Waals surface area (Å²) in [6.45, 7) is 12.9. The van der Waals surface area contributed by atoms with Crippen LogP contribution in [0.2, 0.25) is 5.02 Å².